The van der Waals surface area contributed by atoms with Crippen molar-refractivity contribution < 1.29 is 23.4 Å². The van der Waals surface area contributed by atoms with E-state index < -0.39 is 5.63 Å². The summed E-state index contributed by atoms with van der Waals surface area (Å²) in [5.74, 6) is 1.66. The molecule has 3 aromatic rings. The molecule has 0 atom stereocenters. The van der Waals surface area contributed by atoms with Gasteiger partial charge in [-0.25, -0.2) is 4.79 Å². The normalized spacial score (nSPS) is 10.7. The van der Waals surface area contributed by atoms with Crippen LogP contribution in [0.1, 0.15) is 42.1 Å². The van der Waals surface area contributed by atoms with Gasteiger partial charge in [0, 0.05) is 23.1 Å². The zero-order valence-corrected chi connectivity index (χ0v) is 16.8. The van der Waals surface area contributed by atoms with Crippen molar-refractivity contribution in [1.82, 2.24) is 0 Å². The third kappa shape index (κ3) is 4.77. The van der Waals surface area contributed by atoms with Crippen molar-refractivity contribution >= 4 is 17.3 Å². The maximum Gasteiger partial charge on any atom is 0.336 e. The maximum absolute atomic E-state index is 11.7. The second kappa shape index (κ2) is 9.28. The molecule has 1 heterocycles. The van der Waals surface area contributed by atoms with Gasteiger partial charge in [0.2, 0.25) is 5.75 Å². The van der Waals surface area contributed by atoms with Crippen molar-refractivity contribution in [1.29, 1.82) is 0 Å². The van der Waals surface area contributed by atoms with Crippen LogP contribution < -0.4 is 19.8 Å². The number of carbonyl (C=O) groups excluding carboxylic acids is 1. The van der Waals surface area contributed by atoms with E-state index in [2.05, 4.69) is 6.92 Å². The van der Waals surface area contributed by atoms with Crippen molar-refractivity contribution in [2.45, 2.75) is 33.1 Å². The molecule has 0 saturated heterocycles. The number of unbranched alkanes of at least 4 members (excludes halogenated alkanes) is 2. The van der Waals surface area contributed by atoms with Crippen molar-refractivity contribution in [2.75, 3.05) is 13.7 Å². The van der Waals surface area contributed by atoms with E-state index in [1.807, 2.05) is 13.0 Å². The number of fused-ring (bicyclic) bond motifs is 1. The molecule has 152 valence electrons. The summed E-state index contributed by atoms with van der Waals surface area (Å²) in [7, 11) is 1.51. The Bertz CT molecular complexity index is 1070. The minimum absolute atomic E-state index is 0.359. The predicted molar refractivity (Wildman–Crippen MR) is 111 cm³/mol. The summed E-state index contributed by atoms with van der Waals surface area (Å²) in [6.45, 7) is 4.47. The zero-order chi connectivity index (χ0) is 20.8. The third-order valence-corrected chi connectivity index (χ3v) is 4.54. The lowest BCUT2D eigenvalue weighted by Gasteiger charge is -2.16. The van der Waals surface area contributed by atoms with Crippen molar-refractivity contribution in [2.24, 2.45) is 0 Å². The molecule has 3 rings (SSSR count). The van der Waals surface area contributed by atoms with E-state index in [9.17, 15) is 9.59 Å². The van der Waals surface area contributed by atoms with E-state index >= 15 is 0 Å². The van der Waals surface area contributed by atoms with Crippen LogP contribution in [-0.4, -0.2) is 20.0 Å². The Balaban J connectivity index is 1.99. The van der Waals surface area contributed by atoms with E-state index in [0.29, 0.717) is 40.8 Å². The molecule has 0 N–H and O–H groups in total. The fraction of sp³-hybridized carbons (Fsp3) is 0.304. The van der Waals surface area contributed by atoms with Crippen LogP contribution >= 0.6 is 0 Å². The third-order valence-electron chi connectivity index (χ3n) is 4.54. The Labute approximate surface area is 169 Å². The minimum Gasteiger partial charge on any atom is -0.493 e. The van der Waals surface area contributed by atoms with Gasteiger partial charge in [0.25, 0.3) is 0 Å². The van der Waals surface area contributed by atoms with Gasteiger partial charge in [0.05, 0.1) is 13.7 Å². The highest BCUT2D eigenvalue weighted by Crippen LogP contribution is 2.41. The number of hydrogen-bond donors (Lipinski definition) is 0. The minimum atomic E-state index is -0.420. The maximum atomic E-state index is 11.7. The number of rotatable bonds is 9. The topological polar surface area (TPSA) is 75.0 Å². The summed E-state index contributed by atoms with van der Waals surface area (Å²) in [4.78, 5) is 23.0. The van der Waals surface area contributed by atoms with Gasteiger partial charge >= 0.3 is 5.63 Å². The highest BCUT2D eigenvalue weighted by molar-refractivity contribution is 5.82. The molecule has 6 nitrogen and oxygen atoms in total. The molecule has 1 aromatic heterocycles. The molecule has 0 aliphatic heterocycles. The summed E-state index contributed by atoms with van der Waals surface area (Å²) in [6, 6.07) is 9.90. The van der Waals surface area contributed by atoms with Crippen LogP contribution in [0.5, 0.6) is 23.0 Å². The lowest BCUT2D eigenvalue weighted by Crippen LogP contribution is -2.02. The van der Waals surface area contributed by atoms with Crippen LogP contribution in [0.25, 0.3) is 11.0 Å². The summed E-state index contributed by atoms with van der Waals surface area (Å²) in [5, 5.41) is 0.826. The molecule has 6 heteroatoms. The molecule has 0 unspecified atom stereocenters. The monoisotopic (exact) mass is 396 g/mol. The van der Waals surface area contributed by atoms with Gasteiger partial charge in [-0.15, -0.1) is 0 Å². The number of ether oxygens (including phenoxy) is 3. The second-order valence-electron chi connectivity index (χ2n) is 6.73. The van der Waals surface area contributed by atoms with Gasteiger partial charge in [0.15, 0.2) is 11.5 Å². The first kappa shape index (κ1) is 20.5. The standard InChI is InChI=1S/C23H24O6/c1-4-5-6-9-27-23-20(26-3)11-16(14-24)12-21(23)28-17-7-8-18-15(2)10-22(25)29-19(18)13-17/h7-8,10-14H,4-6,9H2,1-3H3. The Morgan fingerprint density at radius 2 is 1.86 bits per heavy atom. The number of benzene rings is 2. The molecule has 2 aromatic carbocycles. The van der Waals surface area contributed by atoms with Gasteiger partial charge in [-0.2, -0.15) is 0 Å². The molecule has 0 saturated carbocycles. The van der Waals surface area contributed by atoms with Crippen molar-refractivity contribution in [3.8, 4) is 23.0 Å². The Morgan fingerprint density at radius 1 is 1.07 bits per heavy atom. The molecule has 0 aliphatic carbocycles. The smallest absolute Gasteiger partial charge is 0.336 e. The summed E-state index contributed by atoms with van der Waals surface area (Å²) >= 11 is 0. The quantitative estimate of drug-likeness (QED) is 0.278. The Kier molecular flexibility index (Phi) is 6.54. The van der Waals surface area contributed by atoms with Gasteiger partial charge < -0.3 is 18.6 Å². The average molecular weight is 396 g/mol. The molecular weight excluding hydrogens is 372 g/mol. The van der Waals surface area contributed by atoms with Crippen molar-refractivity contribution in [3.05, 3.63) is 57.9 Å². The Morgan fingerprint density at radius 3 is 2.59 bits per heavy atom. The SMILES string of the molecule is CCCCCOc1c(OC)cc(C=O)cc1Oc1ccc2c(C)cc(=O)oc2c1. The van der Waals surface area contributed by atoms with Gasteiger partial charge in [-0.05, 0) is 43.2 Å². The largest absolute Gasteiger partial charge is 0.493 e. The fourth-order valence-corrected chi connectivity index (χ4v) is 3.06. The lowest BCUT2D eigenvalue weighted by molar-refractivity contribution is 0.112. The molecule has 0 aliphatic rings. The second-order valence-corrected chi connectivity index (χ2v) is 6.73. The predicted octanol–water partition coefficient (Wildman–Crippen LogP) is 5.28. The van der Waals surface area contributed by atoms with Crippen LogP contribution in [0.2, 0.25) is 0 Å². The van der Waals surface area contributed by atoms with Crippen LogP contribution in [0.4, 0.5) is 0 Å². The highest BCUT2D eigenvalue weighted by Gasteiger charge is 2.16. The van der Waals surface area contributed by atoms with Crippen LogP contribution in [-0.2, 0) is 0 Å². The number of carbonyl (C=O) groups is 1. The van der Waals surface area contributed by atoms with E-state index in [4.69, 9.17) is 18.6 Å². The van der Waals surface area contributed by atoms with E-state index in [0.717, 1.165) is 36.5 Å². The first-order chi connectivity index (χ1) is 14.0. The summed E-state index contributed by atoms with van der Waals surface area (Å²) in [6.07, 6.45) is 3.75. The number of hydrogen-bond acceptors (Lipinski definition) is 6. The van der Waals surface area contributed by atoms with Crippen LogP contribution in [0.3, 0.4) is 0 Å². The van der Waals surface area contributed by atoms with Gasteiger partial charge in [-0.3, -0.25) is 4.79 Å². The first-order valence-electron chi connectivity index (χ1n) is 9.58. The van der Waals surface area contributed by atoms with Crippen LogP contribution in [0, 0.1) is 6.92 Å². The van der Waals surface area contributed by atoms with E-state index in [-0.39, 0.29) is 0 Å². The number of aldehydes is 1. The molecule has 0 spiro atoms. The molecule has 0 radical (unpaired) electrons. The zero-order valence-electron chi connectivity index (χ0n) is 16.8. The molecule has 0 bridgehead atoms. The number of methoxy groups -OCH3 is 1. The van der Waals surface area contributed by atoms with Crippen LogP contribution in [0.15, 0.2) is 45.6 Å². The van der Waals surface area contributed by atoms with E-state index in [1.165, 1.54) is 13.2 Å². The molecular formula is C23H24O6. The average Bonchev–Trinajstić information content (AvgIpc) is 2.71. The molecule has 0 fully saturated rings. The molecule has 29 heavy (non-hydrogen) atoms. The first-order valence-corrected chi connectivity index (χ1v) is 9.58. The fourth-order valence-electron chi connectivity index (χ4n) is 3.06. The summed E-state index contributed by atoms with van der Waals surface area (Å²) < 4.78 is 22.6. The van der Waals surface area contributed by atoms with E-state index in [1.54, 1.807) is 24.3 Å². The Hall–Kier alpha value is -3.28. The number of aryl methyl sites for hydroxylation is 1. The van der Waals surface area contributed by atoms with Crippen molar-refractivity contribution in [3.63, 3.8) is 0 Å². The highest BCUT2D eigenvalue weighted by atomic mass is 16.5. The molecule has 0 amide bonds. The summed E-state index contributed by atoms with van der Waals surface area (Å²) in [5.41, 5.74) is 1.24. The van der Waals surface area contributed by atoms with Gasteiger partial charge in [-0.1, -0.05) is 19.8 Å². The van der Waals surface area contributed by atoms with Gasteiger partial charge in [0.1, 0.15) is 17.6 Å². The lowest BCUT2D eigenvalue weighted by atomic mass is 10.1.